The van der Waals surface area contributed by atoms with Crippen LogP contribution >= 0.6 is 0 Å². The number of ether oxygens (including phenoxy) is 1. The lowest BCUT2D eigenvalue weighted by Gasteiger charge is -2.23. The molecule has 1 amide bonds. The lowest BCUT2D eigenvalue weighted by Crippen LogP contribution is -2.44. The number of hydrogen-bond acceptors (Lipinski definition) is 3. The number of carbonyl (C=O) groups is 1. The summed E-state index contributed by atoms with van der Waals surface area (Å²) in [5, 5.41) is 6.38. The summed E-state index contributed by atoms with van der Waals surface area (Å²) < 4.78 is 5.25. The minimum atomic E-state index is -0.408. The lowest BCUT2D eigenvalue weighted by atomic mass is 10.1. The van der Waals surface area contributed by atoms with E-state index >= 15 is 0 Å². The van der Waals surface area contributed by atoms with Crippen LogP contribution in [-0.2, 0) is 4.74 Å². The highest BCUT2D eigenvalue weighted by Crippen LogP contribution is 2.31. The Bertz CT molecular complexity index is 240. The van der Waals surface area contributed by atoms with Gasteiger partial charge in [-0.25, -0.2) is 4.79 Å². The highest BCUT2D eigenvalue weighted by atomic mass is 16.6. The maximum absolute atomic E-state index is 11.6. The van der Waals surface area contributed by atoms with Crippen molar-refractivity contribution in [1.29, 1.82) is 0 Å². The van der Waals surface area contributed by atoms with E-state index in [-0.39, 0.29) is 12.1 Å². The van der Waals surface area contributed by atoms with E-state index in [0.29, 0.717) is 12.0 Å². The third-order valence-electron chi connectivity index (χ3n) is 3.12. The van der Waals surface area contributed by atoms with E-state index in [1.54, 1.807) is 0 Å². The van der Waals surface area contributed by atoms with Crippen LogP contribution in [0.1, 0.15) is 33.6 Å². The van der Waals surface area contributed by atoms with Gasteiger partial charge in [0.05, 0.1) is 6.04 Å². The normalized spacial score (nSPS) is 34.2. The maximum atomic E-state index is 11.6. The zero-order chi connectivity index (χ0) is 11.1. The number of carbonyl (C=O) groups excluding carboxylic acids is 1. The predicted octanol–water partition coefficient (Wildman–Crippen LogP) is 1.26. The molecule has 86 valence electrons. The first-order valence-electron chi connectivity index (χ1n) is 5.68. The summed E-state index contributed by atoms with van der Waals surface area (Å²) in [6, 6.07) is 0.738. The van der Waals surface area contributed by atoms with E-state index in [1.807, 2.05) is 20.8 Å². The second-order valence-corrected chi connectivity index (χ2v) is 5.52. The molecule has 15 heavy (non-hydrogen) atoms. The molecule has 0 radical (unpaired) electrons. The lowest BCUT2D eigenvalue weighted by molar-refractivity contribution is 0.0497. The standard InChI is InChI=1S/C11H20N2O2/c1-11(2,3)15-10(14)13-9-7-4-5-8(9)12-6-7/h7-9,12H,4-6H2,1-3H3,(H,13,14)/t7-,8-,9?/m0/s1. The van der Waals surface area contributed by atoms with Gasteiger partial charge >= 0.3 is 6.09 Å². The van der Waals surface area contributed by atoms with Crippen LogP contribution in [0.2, 0.25) is 0 Å². The molecule has 1 heterocycles. The fourth-order valence-electron chi connectivity index (χ4n) is 2.50. The molecule has 2 N–H and O–H groups in total. The zero-order valence-electron chi connectivity index (χ0n) is 9.67. The first kappa shape index (κ1) is 10.7. The molecule has 1 unspecified atom stereocenters. The molecule has 1 saturated heterocycles. The topological polar surface area (TPSA) is 50.4 Å². The minimum absolute atomic E-state index is 0.278. The molecule has 1 aliphatic carbocycles. The SMILES string of the molecule is CC(C)(C)OC(=O)NC1[C@H]2CC[C@@H]1NC2. The monoisotopic (exact) mass is 212 g/mol. The quantitative estimate of drug-likeness (QED) is 0.688. The molecule has 1 aliphatic heterocycles. The van der Waals surface area contributed by atoms with E-state index in [1.165, 1.54) is 12.8 Å². The molecule has 0 aromatic carbocycles. The van der Waals surface area contributed by atoms with Gasteiger partial charge in [0, 0.05) is 12.6 Å². The molecule has 0 aromatic heterocycles. The van der Waals surface area contributed by atoms with Crippen molar-refractivity contribution in [1.82, 2.24) is 10.6 Å². The highest BCUT2D eigenvalue weighted by Gasteiger charge is 2.42. The molecule has 4 heteroatoms. The van der Waals surface area contributed by atoms with Gasteiger partial charge in [-0.1, -0.05) is 0 Å². The third-order valence-corrected chi connectivity index (χ3v) is 3.12. The molecular formula is C11H20N2O2. The van der Waals surface area contributed by atoms with E-state index in [4.69, 9.17) is 4.74 Å². The van der Waals surface area contributed by atoms with Crippen molar-refractivity contribution < 1.29 is 9.53 Å². The van der Waals surface area contributed by atoms with Crippen molar-refractivity contribution >= 4 is 6.09 Å². The Morgan fingerprint density at radius 2 is 2.13 bits per heavy atom. The molecular weight excluding hydrogens is 192 g/mol. The number of rotatable bonds is 1. The van der Waals surface area contributed by atoms with E-state index in [9.17, 15) is 4.79 Å². The fourth-order valence-corrected chi connectivity index (χ4v) is 2.50. The summed E-state index contributed by atoms with van der Waals surface area (Å²) >= 11 is 0. The van der Waals surface area contributed by atoms with Crippen LogP contribution in [-0.4, -0.2) is 30.3 Å². The van der Waals surface area contributed by atoms with Gasteiger partial charge in [-0.3, -0.25) is 0 Å². The van der Waals surface area contributed by atoms with Crippen LogP contribution in [0.5, 0.6) is 0 Å². The number of piperidine rings is 1. The Morgan fingerprint density at radius 3 is 2.53 bits per heavy atom. The summed E-state index contributed by atoms with van der Waals surface area (Å²) in [7, 11) is 0. The van der Waals surface area contributed by atoms with Crippen LogP contribution in [0.4, 0.5) is 4.79 Å². The molecule has 3 atom stereocenters. The van der Waals surface area contributed by atoms with Gasteiger partial charge in [0.2, 0.25) is 0 Å². The van der Waals surface area contributed by atoms with E-state index in [2.05, 4.69) is 10.6 Å². The second-order valence-electron chi connectivity index (χ2n) is 5.52. The van der Waals surface area contributed by atoms with E-state index < -0.39 is 5.60 Å². The molecule has 1 saturated carbocycles. The molecule has 2 aliphatic rings. The zero-order valence-corrected chi connectivity index (χ0v) is 9.67. The fraction of sp³-hybridized carbons (Fsp3) is 0.909. The van der Waals surface area contributed by atoms with Crippen LogP contribution in [0.3, 0.4) is 0 Å². The minimum Gasteiger partial charge on any atom is -0.444 e. The predicted molar refractivity (Wildman–Crippen MR) is 57.7 cm³/mol. The van der Waals surface area contributed by atoms with Gasteiger partial charge in [-0.2, -0.15) is 0 Å². The average Bonchev–Trinajstić information content (AvgIpc) is 2.61. The number of fused-ring (bicyclic) bond motifs is 2. The van der Waals surface area contributed by atoms with Gasteiger partial charge in [0.1, 0.15) is 5.60 Å². The smallest absolute Gasteiger partial charge is 0.407 e. The number of nitrogens with one attached hydrogen (secondary N) is 2. The van der Waals surface area contributed by atoms with E-state index in [0.717, 1.165) is 6.54 Å². The number of amides is 1. The summed E-state index contributed by atoms with van der Waals surface area (Å²) in [4.78, 5) is 11.6. The number of alkyl carbamates (subject to hydrolysis) is 1. The first-order chi connectivity index (χ1) is 6.96. The molecule has 4 nitrogen and oxygen atoms in total. The van der Waals surface area contributed by atoms with Crippen LogP contribution in [0, 0.1) is 5.92 Å². The van der Waals surface area contributed by atoms with Crippen molar-refractivity contribution in [2.24, 2.45) is 5.92 Å². The van der Waals surface area contributed by atoms with Crippen LogP contribution < -0.4 is 10.6 Å². The van der Waals surface area contributed by atoms with Gasteiger partial charge in [0.15, 0.2) is 0 Å². The Hall–Kier alpha value is -0.770. The van der Waals surface area contributed by atoms with Gasteiger partial charge in [-0.05, 0) is 39.5 Å². The van der Waals surface area contributed by atoms with Crippen LogP contribution in [0.25, 0.3) is 0 Å². The summed E-state index contributed by atoms with van der Waals surface area (Å²) in [6.07, 6.45) is 2.11. The van der Waals surface area contributed by atoms with Gasteiger partial charge in [0.25, 0.3) is 0 Å². The third kappa shape index (κ3) is 2.43. The number of hydrogen-bond donors (Lipinski definition) is 2. The summed E-state index contributed by atoms with van der Waals surface area (Å²) in [5.74, 6) is 0.600. The molecule has 0 spiro atoms. The van der Waals surface area contributed by atoms with Gasteiger partial charge in [-0.15, -0.1) is 0 Å². The van der Waals surface area contributed by atoms with Gasteiger partial charge < -0.3 is 15.4 Å². The van der Waals surface area contributed by atoms with Crippen molar-refractivity contribution in [3.8, 4) is 0 Å². The van der Waals surface area contributed by atoms with Crippen LogP contribution in [0.15, 0.2) is 0 Å². The molecule has 2 bridgehead atoms. The van der Waals surface area contributed by atoms with Crippen molar-refractivity contribution in [3.05, 3.63) is 0 Å². The molecule has 2 rings (SSSR count). The Kier molecular flexibility index (Phi) is 2.63. The van der Waals surface area contributed by atoms with Crippen molar-refractivity contribution in [2.45, 2.75) is 51.3 Å². The Morgan fingerprint density at radius 1 is 1.40 bits per heavy atom. The second kappa shape index (κ2) is 3.67. The maximum Gasteiger partial charge on any atom is 0.407 e. The molecule has 0 aromatic rings. The van der Waals surface area contributed by atoms with Crippen molar-refractivity contribution in [2.75, 3.05) is 6.54 Å². The van der Waals surface area contributed by atoms with Crippen molar-refractivity contribution in [3.63, 3.8) is 0 Å². The summed E-state index contributed by atoms with van der Waals surface area (Å²) in [5.41, 5.74) is -0.408. The Labute approximate surface area is 90.8 Å². The Balaban J connectivity index is 1.85. The summed E-state index contributed by atoms with van der Waals surface area (Å²) in [6.45, 7) is 6.68. The molecule has 2 fully saturated rings. The largest absolute Gasteiger partial charge is 0.444 e. The first-order valence-corrected chi connectivity index (χ1v) is 5.68. The highest BCUT2D eigenvalue weighted by molar-refractivity contribution is 5.68. The average molecular weight is 212 g/mol.